The Morgan fingerprint density at radius 3 is 2.21 bits per heavy atom. The number of hydrogen-bond acceptors (Lipinski definition) is 8. The molecule has 0 atom stereocenters. The summed E-state index contributed by atoms with van der Waals surface area (Å²) in [6.07, 6.45) is 0.110. The van der Waals surface area contributed by atoms with Crippen molar-refractivity contribution in [3.05, 3.63) is 47.0 Å². The number of aromatic nitrogens is 1. The second kappa shape index (κ2) is 12.9. The Morgan fingerprint density at radius 2 is 1.67 bits per heavy atom. The van der Waals surface area contributed by atoms with E-state index in [2.05, 4.69) is 4.98 Å². The third kappa shape index (κ3) is 6.64. The first-order valence-electron chi connectivity index (χ1n) is 13.6. The molecular weight excluding hydrogens is 572 g/mol. The molecule has 0 aliphatic heterocycles. The second-order valence-electron chi connectivity index (χ2n) is 11.0. The van der Waals surface area contributed by atoms with E-state index in [0.717, 1.165) is 16.8 Å². The molecule has 4 rings (SSSR count). The number of hydrogen-bond donors (Lipinski definition) is 3. The van der Waals surface area contributed by atoms with Crippen molar-refractivity contribution < 1.29 is 47.6 Å². The molecule has 0 bridgehead atoms. The lowest BCUT2D eigenvalue weighted by Gasteiger charge is -2.33. The zero-order chi connectivity index (χ0) is 30.7. The van der Waals surface area contributed by atoms with Gasteiger partial charge >= 0.3 is 5.97 Å². The smallest absolute Gasteiger partial charge is 0.304 e. The monoisotopic (exact) mass is 608 g/mol. The van der Waals surface area contributed by atoms with Gasteiger partial charge in [0.05, 0.1) is 62.6 Å². The molecule has 0 unspecified atom stereocenters. The highest BCUT2D eigenvalue weighted by Gasteiger charge is 2.48. The number of ether oxygens (including phenoxy) is 2. The Balaban J connectivity index is 1.53. The molecule has 0 saturated carbocycles. The van der Waals surface area contributed by atoms with Gasteiger partial charge in [0.15, 0.2) is 28.3 Å². The van der Waals surface area contributed by atoms with Gasteiger partial charge < -0.3 is 29.3 Å². The van der Waals surface area contributed by atoms with Gasteiger partial charge in [0.1, 0.15) is 13.1 Å². The summed E-state index contributed by atoms with van der Waals surface area (Å²) in [7, 11) is 4.99. The number of aliphatic hydroxyl groups is 2. The number of methoxy groups -OCH3 is 1. The van der Waals surface area contributed by atoms with Crippen molar-refractivity contribution in [2.24, 2.45) is 5.41 Å². The van der Waals surface area contributed by atoms with Crippen LogP contribution in [-0.4, -0.2) is 97.3 Å². The van der Waals surface area contributed by atoms with Gasteiger partial charge in [0, 0.05) is 25.6 Å². The lowest BCUT2D eigenvalue weighted by Crippen LogP contribution is -2.49. The fourth-order valence-corrected chi connectivity index (χ4v) is 6.56. The van der Waals surface area contributed by atoms with Crippen LogP contribution in [0.3, 0.4) is 0 Å². The summed E-state index contributed by atoms with van der Waals surface area (Å²) in [5.41, 5.74) is -0.0247. The standard InChI is InChI=1S/C29H35F2N3O7S/c1-33(27(39)29(17-26(37)38)15-18-11-20(30)21(31)12-19(18)16-29)28-32-22-13-24(23(40-3)14-25(22)42-28)41-10-4-5-34(2,6-8-35)7-9-36/h11-14,35-36H,4-10,15-17H2,1-3H3/p+1. The molecule has 0 fully saturated rings. The van der Waals surface area contributed by atoms with E-state index in [4.69, 9.17) is 9.47 Å². The molecule has 1 aromatic heterocycles. The number of fused-ring (bicyclic) bond motifs is 2. The van der Waals surface area contributed by atoms with Crippen LogP contribution in [0.1, 0.15) is 24.0 Å². The number of carboxylic acids is 1. The number of nitrogens with zero attached hydrogens (tertiary/aromatic N) is 3. The summed E-state index contributed by atoms with van der Waals surface area (Å²) in [4.78, 5) is 31.5. The Hall–Kier alpha value is -3.39. The number of quaternary nitrogens is 1. The fraction of sp³-hybridized carbons (Fsp3) is 0.483. The minimum Gasteiger partial charge on any atom is -0.493 e. The molecule has 228 valence electrons. The number of aliphatic carboxylic acids is 1. The molecular formula is C29H36F2N3O7S+. The van der Waals surface area contributed by atoms with Crippen molar-refractivity contribution in [1.29, 1.82) is 0 Å². The zero-order valence-electron chi connectivity index (χ0n) is 23.9. The van der Waals surface area contributed by atoms with E-state index in [1.54, 1.807) is 12.1 Å². The summed E-state index contributed by atoms with van der Waals surface area (Å²) in [6.45, 7) is 2.15. The van der Waals surface area contributed by atoms with E-state index >= 15 is 0 Å². The van der Waals surface area contributed by atoms with Gasteiger partial charge in [-0.1, -0.05) is 11.3 Å². The molecule has 0 spiro atoms. The number of carbonyl (C=O) groups excluding carboxylic acids is 1. The third-order valence-electron chi connectivity index (χ3n) is 7.88. The van der Waals surface area contributed by atoms with Crippen LogP contribution in [-0.2, 0) is 22.4 Å². The average molecular weight is 609 g/mol. The number of benzene rings is 2. The molecule has 1 aliphatic rings. The molecule has 3 aromatic rings. The van der Waals surface area contributed by atoms with Crippen LogP contribution < -0.4 is 14.4 Å². The maximum absolute atomic E-state index is 13.9. The first-order chi connectivity index (χ1) is 19.9. The van der Waals surface area contributed by atoms with Gasteiger partial charge in [-0.25, -0.2) is 13.8 Å². The zero-order valence-corrected chi connectivity index (χ0v) is 24.7. The highest BCUT2D eigenvalue weighted by atomic mass is 32.1. The SMILES string of the molecule is COc1cc2sc(N(C)C(=O)C3(CC(=O)O)Cc4cc(F)c(F)cc4C3)nc2cc1OCCC[N+](C)(CCO)CCO. The molecule has 42 heavy (non-hydrogen) atoms. The predicted molar refractivity (Wildman–Crippen MR) is 153 cm³/mol. The van der Waals surface area contributed by atoms with E-state index in [-0.39, 0.29) is 26.1 Å². The molecule has 0 radical (unpaired) electrons. The minimum absolute atomic E-state index is 0.0203. The second-order valence-corrected chi connectivity index (χ2v) is 12.0. The highest BCUT2D eigenvalue weighted by Crippen LogP contribution is 2.44. The number of thiazole rings is 1. The Kier molecular flexibility index (Phi) is 9.66. The number of carboxylic acid groups (broad SMARTS) is 1. The summed E-state index contributed by atoms with van der Waals surface area (Å²) in [5.74, 6) is -2.83. The summed E-state index contributed by atoms with van der Waals surface area (Å²) < 4.78 is 40.6. The van der Waals surface area contributed by atoms with Gasteiger partial charge in [-0.3, -0.25) is 14.5 Å². The van der Waals surface area contributed by atoms with Crippen LogP contribution >= 0.6 is 11.3 Å². The number of halogens is 2. The summed E-state index contributed by atoms with van der Waals surface area (Å²) >= 11 is 1.22. The summed E-state index contributed by atoms with van der Waals surface area (Å²) in [5, 5.41) is 28.7. The van der Waals surface area contributed by atoms with E-state index in [0.29, 0.717) is 70.4 Å². The van der Waals surface area contributed by atoms with Crippen LogP contribution in [0.5, 0.6) is 11.5 Å². The molecule has 10 nitrogen and oxygen atoms in total. The molecule has 1 amide bonds. The molecule has 2 aromatic carbocycles. The summed E-state index contributed by atoms with van der Waals surface area (Å²) in [6, 6.07) is 5.54. The fourth-order valence-electron chi connectivity index (χ4n) is 5.62. The van der Waals surface area contributed by atoms with Gasteiger partial charge in [0.2, 0.25) is 5.91 Å². The molecule has 3 N–H and O–H groups in total. The van der Waals surface area contributed by atoms with Crippen LogP contribution in [0, 0.1) is 17.0 Å². The first kappa shape index (κ1) is 31.5. The van der Waals surface area contributed by atoms with Crippen molar-refractivity contribution >= 4 is 38.6 Å². The van der Waals surface area contributed by atoms with Gasteiger partial charge in [0.25, 0.3) is 0 Å². The quantitative estimate of drug-likeness (QED) is 0.188. The van der Waals surface area contributed by atoms with E-state index in [1.165, 1.54) is 30.4 Å². The number of likely N-dealkylation sites (N-methyl/N-ethyl adjacent to an activating group) is 1. The van der Waals surface area contributed by atoms with Crippen molar-refractivity contribution in [2.75, 3.05) is 65.6 Å². The van der Waals surface area contributed by atoms with Crippen molar-refractivity contribution in [3.8, 4) is 11.5 Å². The van der Waals surface area contributed by atoms with Crippen molar-refractivity contribution in [1.82, 2.24) is 4.98 Å². The van der Waals surface area contributed by atoms with E-state index in [1.807, 2.05) is 7.05 Å². The molecule has 1 heterocycles. The van der Waals surface area contributed by atoms with Crippen molar-refractivity contribution in [3.63, 3.8) is 0 Å². The van der Waals surface area contributed by atoms with E-state index in [9.17, 15) is 33.7 Å². The molecule has 13 heteroatoms. The van der Waals surface area contributed by atoms with Crippen LogP contribution in [0.2, 0.25) is 0 Å². The third-order valence-corrected chi connectivity index (χ3v) is 8.97. The average Bonchev–Trinajstić information content (AvgIpc) is 3.50. The van der Waals surface area contributed by atoms with Crippen LogP contribution in [0.4, 0.5) is 13.9 Å². The lowest BCUT2D eigenvalue weighted by molar-refractivity contribution is -0.910. The minimum atomic E-state index is -1.41. The Labute approximate surface area is 246 Å². The van der Waals surface area contributed by atoms with E-state index < -0.39 is 35.3 Å². The van der Waals surface area contributed by atoms with Gasteiger partial charge in [-0.15, -0.1) is 0 Å². The lowest BCUT2D eigenvalue weighted by atomic mass is 9.80. The van der Waals surface area contributed by atoms with Crippen LogP contribution in [0.25, 0.3) is 10.2 Å². The highest BCUT2D eigenvalue weighted by molar-refractivity contribution is 7.22. The topological polar surface area (TPSA) is 129 Å². The van der Waals surface area contributed by atoms with Crippen molar-refractivity contribution in [2.45, 2.75) is 25.7 Å². The van der Waals surface area contributed by atoms with Gasteiger partial charge in [-0.05, 0) is 36.1 Å². The normalized spacial score (nSPS) is 14.2. The Bertz CT molecular complexity index is 1430. The first-order valence-corrected chi connectivity index (χ1v) is 14.4. The van der Waals surface area contributed by atoms with Crippen LogP contribution in [0.15, 0.2) is 24.3 Å². The number of anilines is 1. The molecule has 0 saturated heterocycles. The maximum Gasteiger partial charge on any atom is 0.304 e. The molecule has 1 aliphatic carbocycles. The largest absolute Gasteiger partial charge is 0.493 e. The van der Waals surface area contributed by atoms with Gasteiger partial charge in [-0.2, -0.15) is 0 Å². The predicted octanol–water partition coefficient (Wildman–Crippen LogP) is 3.01. The Morgan fingerprint density at radius 1 is 1.05 bits per heavy atom. The number of rotatable bonds is 14. The number of carbonyl (C=O) groups is 2. The number of aliphatic hydroxyl groups excluding tert-OH is 2. The maximum atomic E-state index is 13.9. The number of amides is 1.